The molecule has 6 atom stereocenters. The van der Waals surface area contributed by atoms with Crippen molar-refractivity contribution in [2.45, 2.75) is 56.0 Å². The number of aliphatic hydroxyl groups excluding tert-OH is 2. The summed E-state index contributed by atoms with van der Waals surface area (Å²) >= 11 is 0. The second-order valence-corrected chi connectivity index (χ2v) is 7.63. The Hall–Kier alpha value is -2.48. The van der Waals surface area contributed by atoms with E-state index in [1.165, 1.54) is 7.11 Å². The summed E-state index contributed by atoms with van der Waals surface area (Å²) in [7, 11) is 1.24. The molecule has 8 nitrogen and oxygen atoms in total. The summed E-state index contributed by atoms with van der Waals surface area (Å²) in [6.07, 6.45) is -4.17. The van der Waals surface area contributed by atoms with Gasteiger partial charge in [0.25, 0.3) is 6.58 Å². The molecule has 162 valence electrons. The number of esters is 1. The van der Waals surface area contributed by atoms with Crippen LogP contribution < -0.4 is 5.32 Å². The maximum absolute atomic E-state index is 12.6. The van der Waals surface area contributed by atoms with E-state index in [0.29, 0.717) is 5.57 Å². The number of hydrogen-bond acceptors (Lipinski definition) is 8. The molecule has 8 heteroatoms. The first-order valence-electron chi connectivity index (χ1n) is 9.74. The Labute approximate surface area is 176 Å². The largest absolute Gasteiger partial charge is 0.467 e. The predicted octanol–water partition coefficient (Wildman–Crippen LogP) is 0.833. The molecule has 2 aliphatic heterocycles. The van der Waals surface area contributed by atoms with Gasteiger partial charge in [0, 0.05) is 6.42 Å². The third-order valence-electron chi connectivity index (χ3n) is 5.50. The summed E-state index contributed by atoms with van der Waals surface area (Å²) < 4.78 is 22.1. The molecule has 0 bridgehead atoms. The maximum atomic E-state index is 12.6. The van der Waals surface area contributed by atoms with Gasteiger partial charge >= 0.3 is 11.9 Å². The lowest BCUT2D eigenvalue weighted by Gasteiger charge is -2.45. The third kappa shape index (κ3) is 4.33. The summed E-state index contributed by atoms with van der Waals surface area (Å²) in [4.78, 5) is 12.6. The quantitative estimate of drug-likeness (QED) is 0.324. The van der Waals surface area contributed by atoms with E-state index in [9.17, 15) is 15.0 Å². The number of methoxy groups -OCH3 is 1. The highest BCUT2D eigenvalue weighted by Gasteiger charge is 2.59. The highest BCUT2D eigenvalue weighted by molar-refractivity contribution is 5.83. The zero-order chi connectivity index (χ0) is 21.9. The molecule has 3 rings (SSSR count). The van der Waals surface area contributed by atoms with Crippen molar-refractivity contribution in [3.63, 3.8) is 0 Å². The Balaban J connectivity index is 1.74. The number of rotatable bonds is 8. The van der Waals surface area contributed by atoms with E-state index >= 15 is 0 Å². The Bertz CT molecular complexity index is 783. The molecule has 30 heavy (non-hydrogen) atoms. The normalized spacial score (nSPS) is 29.8. The molecule has 0 aromatic heterocycles. The molecule has 0 spiro atoms. The molecule has 3 N–H and O–H groups in total. The first kappa shape index (κ1) is 22.2. The van der Waals surface area contributed by atoms with Crippen LogP contribution >= 0.6 is 0 Å². The Kier molecular flexibility index (Phi) is 6.75. The number of nitrogens with one attached hydrogen (secondary N) is 1. The first-order chi connectivity index (χ1) is 14.3. The van der Waals surface area contributed by atoms with Gasteiger partial charge in [-0.1, -0.05) is 36.9 Å². The summed E-state index contributed by atoms with van der Waals surface area (Å²) in [6, 6.07) is 8.89. The molecule has 6 unspecified atom stereocenters. The average molecular weight is 418 g/mol. The third-order valence-corrected chi connectivity index (χ3v) is 5.50. The predicted molar refractivity (Wildman–Crippen MR) is 107 cm³/mol. The van der Waals surface area contributed by atoms with Crippen LogP contribution in [0.2, 0.25) is 0 Å². The smallest absolute Gasteiger partial charge is 0.440 e. The Morgan fingerprint density at radius 2 is 2.10 bits per heavy atom. The van der Waals surface area contributed by atoms with Crippen molar-refractivity contribution in [3.05, 3.63) is 60.5 Å². The minimum atomic E-state index is -1.53. The first-order valence-corrected chi connectivity index (χ1v) is 9.74. The second kappa shape index (κ2) is 9.12. The van der Waals surface area contributed by atoms with Crippen LogP contribution in [0.3, 0.4) is 0 Å². The number of ether oxygens (including phenoxy) is 4. The SMILES string of the molecule is [CH+]=C1NC2C(CC(C(=C)C)(C(=O)OC)OC2C(O)C(O)COCc2ccccc2)O1. The highest BCUT2D eigenvalue weighted by Crippen LogP contribution is 2.41. The lowest BCUT2D eigenvalue weighted by Crippen LogP contribution is -2.64. The minimum absolute atomic E-state index is 0.0583. The zero-order valence-corrected chi connectivity index (χ0v) is 17.1. The fourth-order valence-electron chi connectivity index (χ4n) is 3.84. The van der Waals surface area contributed by atoms with Gasteiger partial charge in [-0.2, -0.15) is 0 Å². The summed E-state index contributed by atoms with van der Waals surface area (Å²) in [5, 5.41) is 24.3. The van der Waals surface area contributed by atoms with Gasteiger partial charge < -0.3 is 34.5 Å². The van der Waals surface area contributed by atoms with E-state index in [2.05, 4.69) is 11.9 Å². The van der Waals surface area contributed by atoms with Gasteiger partial charge in [-0.3, -0.25) is 0 Å². The fourth-order valence-corrected chi connectivity index (χ4v) is 3.84. The topological polar surface area (TPSA) is 106 Å². The molecule has 0 aliphatic carbocycles. The van der Waals surface area contributed by atoms with Gasteiger partial charge in [0.2, 0.25) is 0 Å². The van der Waals surface area contributed by atoms with Crippen molar-refractivity contribution in [1.82, 2.24) is 5.32 Å². The summed E-state index contributed by atoms with van der Waals surface area (Å²) in [6.45, 7) is 11.4. The molecule has 0 radical (unpaired) electrons. The minimum Gasteiger partial charge on any atom is -0.467 e. The van der Waals surface area contributed by atoms with Crippen LogP contribution in [0.1, 0.15) is 18.9 Å². The van der Waals surface area contributed by atoms with Crippen LogP contribution in [0.5, 0.6) is 0 Å². The molecule has 1 aromatic carbocycles. The zero-order valence-electron chi connectivity index (χ0n) is 17.1. The van der Waals surface area contributed by atoms with E-state index in [1.54, 1.807) is 6.92 Å². The number of carbonyl (C=O) groups is 1. The van der Waals surface area contributed by atoms with Crippen molar-refractivity contribution >= 4 is 5.97 Å². The monoisotopic (exact) mass is 418 g/mol. The van der Waals surface area contributed by atoms with E-state index < -0.39 is 42.0 Å². The van der Waals surface area contributed by atoms with Crippen molar-refractivity contribution in [2.24, 2.45) is 0 Å². The maximum Gasteiger partial charge on any atom is 0.440 e. The molecule has 2 heterocycles. The van der Waals surface area contributed by atoms with Crippen LogP contribution in [0.15, 0.2) is 48.4 Å². The Morgan fingerprint density at radius 1 is 1.40 bits per heavy atom. The van der Waals surface area contributed by atoms with Gasteiger partial charge in [0.05, 0.1) is 26.4 Å². The van der Waals surface area contributed by atoms with E-state index in [-0.39, 0.29) is 25.5 Å². The van der Waals surface area contributed by atoms with Crippen LogP contribution in [0, 0.1) is 6.58 Å². The van der Waals surface area contributed by atoms with E-state index in [1.807, 2.05) is 30.3 Å². The van der Waals surface area contributed by atoms with E-state index in [0.717, 1.165) is 5.56 Å². The lowest BCUT2D eigenvalue weighted by atomic mass is 9.80. The van der Waals surface area contributed by atoms with Crippen LogP contribution in [-0.4, -0.2) is 66.0 Å². The fraction of sp³-hybridized carbons (Fsp3) is 0.500. The van der Waals surface area contributed by atoms with Gasteiger partial charge in [-0.25, -0.2) is 4.79 Å². The standard InChI is InChI=1S/C22H28NO7/c1-13(2)22(21(26)27-4)10-17-18(23-14(3)29-17)20(30-22)19(25)16(24)12-28-11-15-8-6-5-7-9-15/h3,5-9,16-20,23-25H,1,10-12H2,2,4H3/q+1. The van der Waals surface area contributed by atoms with Gasteiger partial charge in [0.15, 0.2) is 5.60 Å². The highest BCUT2D eigenvalue weighted by atomic mass is 16.6. The molecule has 2 saturated heterocycles. The van der Waals surface area contributed by atoms with Crippen molar-refractivity contribution in [2.75, 3.05) is 13.7 Å². The van der Waals surface area contributed by atoms with Crippen molar-refractivity contribution in [3.8, 4) is 0 Å². The number of hydrogen-bond donors (Lipinski definition) is 3. The van der Waals surface area contributed by atoms with Crippen LogP contribution in [-0.2, 0) is 30.3 Å². The molecular weight excluding hydrogens is 390 g/mol. The molecule has 1 aromatic rings. The van der Waals surface area contributed by atoms with Crippen LogP contribution in [0.4, 0.5) is 0 Å². The molecule has 2 aliphatic rings. The molecule has 0 saturated carbocycles. The van der Waals surface area contributed by atoms with Crippen molar-refractivity contribution < 1.29 is 34.0 Å². The summed E-state index contributed by atoms with van der Waals surface area (Å²) in [5.41, 5.74) is -0.194. The number of benzene rings is 1. The number of carbonyl (C=O) groups excluding carboxylic acids is 1. The van der Waals surface area contributed by atoms with Crippen LogP contribution in [0.25, 0.3) is 0 Å². The summed E-state index contributed by atoms with van der Waals surface area (Å²) in [5.74, 6) is -0.600. The molecule has 0 amide bonds. The lowest BCUT2D eigenvalue weighted by molar-refractivity contribution is -0.214. The molecule has 2 fully saturated rings. The number of aliphatic hydroxyl groups is 2. The molecular formula is C22H28NO7+. The Morgan fingerprint density at radius 3 is 2.73 bits per heavy atom. The number of fused-ring (bicyclic) bond motifs is 1. The second-order valence-electron chi connectivity index (χ2n) is 7.63. The van der Waals surface area contributed by atoms with Gasteiger partial charge in [-0.05, 0) is 18.1 Å². The van der Waals surface area contributed by atoms with Gasteiger partial charge in [0.1, 0.15) is 24.4 Å². The van der Waals surface area contributed by atoms with Crippen molar-refractivity contribution in [1.29, 1.82) is 0 Å². The average Bonchev–Trinajstić information content (AvgIpc) is 3.12. The van der Waals surface area contributed by atoms with Gasteiger partial charge in [-0.15, -0.1) is 0 Å². The van der Waals surface area contributed by atoms with E-state index in [4.69, 9.17) is 25.5 Å².